The van der Waals surface area contributed by atoms with Gasteiger partial charge in [-0.2, -0.15) is 5.26 Å². The number of methoxy groups -OCH3 is 1. The molecule has 1 aromatic rings. The van der Waals surface area contributed by atoms with Crippen molar-refractivity contribution in [3.63, 3.8) is 0 Å². The van der Waals surface area contributed by atoms with Crippen LogP contribution in [-0.2, 0) is 4.74 Å². The largest absolute Gasteiger partial charge is 0.465 e. The van der Waals surface area contributed by atoms with Gasteiger partial charge in [-0.05, 0) is 30.0 Å². The molecule has 20 heavy (non-hydrogen) atoms. The molecule has 0 spiro atoms. The van der Waals surface area contributed by atoms with Crippen LogP contribution in [0, 0.1) is 17.2 Å². The second-order valence-electron chi connectivity index (χ2n) is 4.80. The van der Waals surface area contributed by atoms with E-state index in [0.717, 1.165) is 12.0 Å². The maximum Gasteiger partial charge on any atom is 0.339 e. The number of pyridine rings is 1. The van der Waals surface area contributed by atoms with E-state index in [1.807, 2.05) is 12.2 Å². The first kappa shape index (κ1) is 14.0. The minimum absolute atomic E-state index is 0.352. The van der Waals surface area contributed by atoms with Crippen LogP contribution >= 0.6 is 0 Å². The van der Waals surface area contributed by atoms with Gasteiger partial charge in [0.25, 0.3) is 0 Å². The molecule has 0 saturated heterocycles. The molecule has 2 rings (SSSR count). The molecule has 0 N–H and O–H groups in total. The van der Waals surface area contributed by atoms with E-state index in [2.05, 4.69) is 24.1 Å². The summed E-state index contributed by atoms with van der Waals surface area (Å²) in [5, 5.41) is 9.49. The number of esters is 1. The third kappa shape index (κ3) is 2.77. The van der Waals surface area contributed by atoms with Gasteiger partial charge in [-0.1, -0.05) is 25.2 Å². The summed E-state index contributed by atoms with van der Waals surface area (Å²) in [6.07, 6.45) is 8.37. The van der Waals surface area contributed by atoms with Gasteiger partial charge in [-0.25, -0.2) is 4.79 Å². The van der Waals surface area contributed by atoms with Gasteiger partial charge in [-0.3, -0.25) is 4.98 Å². The van der Waals surface area contributed by atoms with Crippen molar-refractivity contribution in [1.82, 2.24) is 4.98 Å². The Bertz CT molecular complexity index is 611. The highest BCUT2D eigenvalue weighted by Gasteiger charge is 2.25. The number of rotatable bonds is 3. The number of aromatic nitrogens is 1. The first-order valence-electron chi connectivity index (χ1n) is 6.47. The Morgan fingerprint density at radius 2 is 2.40 bits per heavy atom. The van der Waals surface area contributed by atoms with Crippen LogP contribution in [0.1, 0.15) is 35.3 Å². The fourth-order valence-electron chi connectivity index (χ4n) is 2.34. The summed E-state index contributed by atoms with van der Waals surface area (Å²) in [4.78, 5) is 16.0. The molecule has 2 atom stereocenters. The van der Waals surface area contributed by atoms with E-state index in [-0.39, 0.29) is 0 Å². The second kappa shape index (κ2) is 6.16. The van der Waals surface area contributed by atoms with Crippen LogP contribution < -0.4 is 0 Å². The van der Waals surface area contributed by atoms with Gasteiger partial charge in [0.1, 0.15) is 5.92 Å². The summed E-state index contributed by atoms with van der Waals surface area (Å²) in [5.41, 5.74) is 1.80. The van der Waals surface area contributed by atoms with Gasteiger partial charge in [0.2, 0.25) is 0 Å². The molecule has 0 saturated carbocycles. The standard InChI is InChI=1S/C16H16N2O2/c1-11-5-3-6-12(9-11)14(10-17)15-13(16(19)20-2)7-4-8-18-15/h3-8,11,14H,9H2,1-2H3. The van der Waals surface area contributed by atoms with Gasteiger partial charge in [0, 0.05) is 6.20 Å². The van der Waals surface area contributed by atoms with Crippen molar-refractivity contribution < 1.29 is 9.53 Å². The second-order valence-corrected chi connectivity index (χ2v) is 4.80. The van der Waals surface area contributed by atoms with Crippen LogP contribution in [-0.4, -0.2) is 18.1 Å². The molecule has 0 bridgehead atoms. The first-order chi connectivity index (χ1) is 9.67. The van der Waals surface area contributed by atoms with E-state index < -0.39 is 11.9 Å². The molecule has 1 aromatic heterocycles. The lowest BCUT2D eigenvalue weighted by Crippen LogP contribution is -2.14. The molecule has 1 heterocycles. The molecule has 0 aliphatic heterocycles. The number of nitrogens with zero attached hydrogens (tertiary/aromatic N) is 2. The van der Waals surface area contributed by atoms with Crippen molar-refractivity contribution in [2.75, 3.05) is 7.11 Å². The number of carbonyl (C=O) groups excluding carboxylic acids is 1. The average molecular weight is 268 g/mol. The van der Waals surface area contributed by atoms with Gasteiger partial charge < -0.3 is 4.74 Å². The zero-order valence-electron chi connectivity index (χ0n) is 11.5. The summed E-state index contributed by atoms with van der Waals surface area (Å²) in [7, 11) is 1.32. The molecule has 0 amide bonds. The summed E-state index contributed by atoms with van der Waals surface area (Å²) >= 11 is 0. The van der Waals surface area contributed by atoms with Crippen molar-refractivity contribution in [3.8, 4) is 6.07 Å². The number of nitriles is 1. The smallest absolute Gasteiger partial charge is 0.339 e. The Kier molecular flexibility index (Phi) is 4.31. The fourth-order valence-corrected chi connectivity index (χ4v) is 2.34. The molecule has 0 fully saturated rings. The lowest BCUT2D eigenvalue weighted by Gasteiger charge is -2.19. The average Bonchev–Trinajstić information content (AvgIpc) is 2.48. The van der Waals surface area contributed by atoms with Crippen LogP contribution in [0.5, 0.6) is 0 Å². The van der Waals surface area contributed by atoms with Crippen LogP contribution in [0.15, 0.2) is 42.1 Å². The van der Waals surface area contributed by atoms with Crippen LogP contribution in [0.3, 0.4) is 0 Å². The van der Waals surface area contributed by atoms with E-state index in [1.165, 1.54) is 7.11 Å². The first-order valence-corrected chi connectivity index (χ1v) is 6.47. The highest BCUT2D eigenvalue weighted by Crippen LogP contribution is 2.32. The predicted molar refractivity (Wildman–Crippen MR) is 74.9 cm³/mol. The maximum atomic E-state index is 11.8. The molecule has 1 aliphatic carbocycles. The molecule has 4 heteroatoms. The van der Waals surface area contributed by atoms with E-state index in [0.29, 0.717) is 17.2 Å². The molecule has 0 radical (unpaired) electrons. The third-order valence-corrected chi connectivity index (χ3v) is 3.32. The molecular formula is C16H16N2O2. The van der Waals surface area contributed by atoms with Gasteiger partial charge in [-0.15, -0.1) is 0 Å². The summed E-state index contributed by atoms with van der Waals surface area (Å²) in [6.45, 7) is 2.09. The Balaban J connectivity index is 2.43. The predicted octanol–water partition coefficient (Wildman–Crippen LogP) is 3.00. The molecular weight excluding hydrogens is 252 g/mol. The van der Waals surface area contributed by atoms with Gasteiger partial charge in [0.15, 0.2) is 0 Å². The van der Waals surface area contributed by atoms with Crippen molar-refractivity contribution in [3.05, 3.63) is 53.4 Å². The van der Waals surface area contributed by atoms with E-state index in [9.17, 15) is 10.1 Å². The number of hydrogen-bond donors (Lipinski definition) is 0. The van der Waals surface area contributed by atoms with Gasteiger partial charge >= 0.3 is 5.97 Å². The van der Waals surface area contributed by atoms with E-state index in [4.69, 9.17) is 4.74 Å². The summed E-state index contributed by atoms with van der Waals surface area (Å²) in [5.74, 6) is -0.595. The normalized spacial score (nSPS) is 18.9. The van der Waals surface area contributed by atoms with Crippen LogP contribution in [0.25, 0.3) is 0 Å². The molecule has 102 valence electrons. The Morgan fingerprint density at radius 1 is 1.60 bits per heavy atom. The number of allylic oxidation sites excluding steroid dienone is 4. The van der Waals surface area contributed by atoms with Gasteiger partial charge in [0.05, 0.1) is 24.4 Å². The lowest BCUT2D eigenvalue weighted by atomic mass is 9.85. The van der Waals surface area contributed by atoms with E-state index >= 15 is 0 Å². The zero-order valence-corrected chi connectivity index (χ0v) is 11.5. The Hall–Kier alpha value is -2.41. The number of ether oxygens (including phenoxy) is 1. The lowest BCUT2D eigenvalue weighted by molar-refractivity contribution is 0.0599. The topological polar surface area (TPSA) is 63.0 Å². The highest BCUT2D eigenvalue weighted by atomic mass is 16.5. The van der Waals surface area contributed by atoms with Crippen molar-refractivity contribution in [2.45, 2.75) is 19.3 Å². The van der Waals surface area contributed by atoms with Crippen molar-refractivity contribution in [2.24, 2.45) is 5.92 Å². The Morgan fingerprint density at radius 3 is 3.05 bits per heavy atom. The monoisotopic (exact) mass is 268 g/mol. The molecule has 0 aromatic carbocycles. The summed E-state index contributed by atoms with van der Waals surface area (Å²) in [6, 6.07) is 5.56. The fraction of sp³-hybridized carbons (Fsp3) is 0.312. The molecule has 4 nitrogen and oxygen atoms in total. The molecule has 1 aliphatic rings. The van der Waals surface area contributed by atoms with Crippen LogP contribution in [0.4, 0.5) is 0 Å². The minimum atomic E-state index is -0.516. The minimum Gasteiger partial charge on any atom is -0.465 e. The maximum absolute atomic E-state index is 11.8. The van der Waals surface area contributed by atoms with Crippen molar-refractivity contribution in [1.29, 1.82) is 5.26 Å². The highest BCUT2D eigenvalue weighted by molar-refractivity contribution is 5.91. The van der Waals surface area contributed by atoms with Crippen LogP contribution in [0.2, 0.25) is 0 Å². The number of carbonyl (C=O) groups is 1. The summed E-state index contributed by atoms with van der Waals surface area (Å²) < 4.78 is 4.76. The third-order valence-electron chi connectivity index (χ3n) is 3.32. The number of hydrogen-bond acceptors (Lipinski definition) is 4. The SMILES string of the molecule is COC(=O)c1cccnc1C(C#N)C1=CC=CC(C)C1. The Labute approximate surface area is 118 Å². The van der Waals surface area contributed by atoms with E-state index in [1.54, 1.807) is 18.3 Å². The zero-order chi connectivity index (χ0) is 14.5. The quantitative estimate of drug-likeness (QED) is 0.790. The van der Waals surface area contributed by atoms with Crippen molar-refractivity contribution >= 4 is 5.97 Å². The molecule has 2 unspecified atom stereocenters.